The van der Waals surface area contributed by atoms with Gasteiger partial charge >= 0.3 is 0 Å². The van der Waals surface area contributed by atoms with Crippen molar-refractivity contribution < 1.29 is 4.18 Å². The van der Waals surface area contributed by atoms with E-state index >= 15 is 0 Å². The molecule has 2 rings (SSSR count). The molecule has 1 aliphatic carbocycles. The van der Waals surface area contributed by atoms with Crippen molar-refractivity contribution >= 4 is 12.0 Å². The molecule has 0 bridgehead atoms. The Morgan fingerprint density at radius 3 is 3.23 bits per heavy atom. The van der Waals surface area contributed by atoms with Crippen LogP contribution in [0.3, 0.4) is 0 Å². The molecule has 1 aliphatic heterocycles. The smallest absolute Gasteiger partial charge is 0.131 e. The lowest BCUT2D eigenvalue weighted by Crippen LogP contribution is -2.22. The highest BCUT2D eigenvalue weighted by atomic mass is 32.2. The van der Waals surface area contributed by atoms with Gasteiger partial charge in [0.05, 0.1) is 4.91 Å². The third kappa shape index (κ3) is 1.98. The molecule has 0 saturated carbocycles. The van der Waals surface area contributed by atoms with Crippen LogP contribution >= 0.6 is 12.0 Å². The van der Waals surface area contributed by atoms with Crippen LogP contribution in [0.2, 0.25) is 0 Å². The van der Waals surface area contributed by atoms with Crippen LogP contribution in [-0.4, -0.2) is 6.73 Å². The highest BCUT2D eigenvalue weighted by molar-refractivity contribution is 7.98. The van der Waals surface area contributed by atoms with Crippen molar-refractivity contribution in [1.29, 1.82) is 0 Å². The van der Waals surface area contributed by atoms with E-state index in [2.05, 4.69) is 43.5 Å². The standard InChI is InChI=1S/C10H13NOS/c1-10(2)5-3-4-9-8(6-10)11-7-12-13-9/h3-6,11H,7H2,1-2H3. The average molecular weight is 195 g/mol. The lowest BCUT2D eigenvalue weighted by atomic mass is 9.92. The lowest BCUT2D eigenvalue weighted by molar-refractivity contribution is 0.343. The molecule has 0 radical (unpaired) electrons. The number of fused-ring (bicyclic) bond motifs is 1. The Labute approximate surface area is 82.9 Å². The minimum absolute atomic E-state index is 0.123. The molecule has 0 aromatic rings. The van der Waals surface area contributed by atoms with Crippen LogP contribution < -0.4 is 5.32 Å². The molecular weight excluding hydrogens is 182 g/mol. The van der Waals surface area contributed by atoms with Gasteiger partial charge in [0.25, 0.3) is 0 Å². The highest BCUT2D eigenvalue weighted by Gasteiger charge is 2.19. The Bertz CT molecular complexity index is 302. The molecular formula is C10H13NOS. The summed E-state index contributed by atoms with van der Waals surface area (Å²) in [5.74, 6) is 0. The van der Waals surface area contributed by atoms with E-state index < -0.39 is 0 Å². The van der Waals surface area contributed by atoms with Crippen LogP contribution in [0.25, 0.3) is 0 Å². The molecule has 0 aromatic heterocycles. The first-order chi connectivity index (χ1) is 6.17. The van der Waals surface area contributed by atoms with Gasteiger partial charge in [-0.15, -0.1) is 0 Å². The Hall–Kier alpha value is -0.670. The summed E-state index contributed by atoms with van der Waals surface area (Å²) >= 11 is 1.44. The average Bonchev–Trinajstić information content (AvgIpc) is 2.21. The van der Waals surface area contributed by atoms with E-state index in [-0.39, 0.29) is 5.41 Å². The van der Waals surface area contributed by atoms with Crippen LogP contribution in [0.15, 0.2) is 34.9 Å². The fourth-order valence-electron chi connectivity index (χ4n) is 1.38. The Kier molecular flexibility index (Phi) is 2.22. The lowest BCUT2D eigenvalue weighted by Gasteiger charge is -2.21. The van der Waals surface area contributed by atoms with E-state index in [1.165, 1.54) is 17.7 Å². The first-order valence-electron chi connectivity index (χ1n) is 4.33. The van der Waals surface area contributed by atoms with Gasteiger partial charge in [0.1, 0.15) is 6.73 Å². The molecule has 1 saturated heterocycles. The molecule has 0 amide bonds. The van der Waals surface area contributed by atoms with Crippen LogP contribution in [-0.2, 0) is 4.18 Å². The minimum atomic E-state index is 0.123. The molecule has 2 nitrogen and oxygen atoms in total. The zero-order valence-electron chi connectivity index (χ0n) is 7.83. The van der Waals surface area contributed by atoms with Gasteiger partial charge in [-0.05, 0) is 6.08 Å². The topological polar surface area (TPSA) is 21.3 Å². The Balaban J connectivity index is 2.34. The van der Waals surface area contributed by atoms with Gasteiger partial charge in [0.15, 0.2) is 0 Å². The van der Waals surface area contributed by atoms with Gasteiger partial charge in [-0.3, -0.25) is 4.18 Å². The first kappa shape index (κ1) is 8.91. The molecule has 0 aromatic carbocycles. The second kappa shape index (κ2) is 3.24. The SMILES string of the molecule is CC1(C)C=CC=C2SOCNC2=C1. The Morgan fingerprint density at radius 1 is 1.54 bits per heavy atom. The minimum Gasteiger partial charge on any atom is -0.361 e. The number of hydrogen-bond acceptors (Lipinski definition) is 3. The van der Waals surface area contributed by atoms with E-state index in [9.17, 15) is 0 Å². The maximum Gasteiger partial charge on any atom is 0.131 e. The number of allylic oxidation sites excluding steroid dienone is 4. The molecule has 70 valence electrons. The van der Waals surface area contributed by atoms with E-state index in [0.29, 0.717) is 6.73 Å². The summed E-state index contributed by atoms with van der Waals surface area (Å²) in [4.78, 5) is 1.16. The molecule has 1 N–H and O–H groups in total. The van der Waals surface area contributed by atoms with Gasteiger partial charge in [-0.2, -0.15) is 0 Å². The molecule has 0 atom stereocenters. The zero-order valence-corrected chi connectivity index (χ0v) is 8.65. The van der Waals surface area contributed by atoms with Crippen molar-refractivity contribution in [2.75, 3.05) is 6.73 Å². The number of nitrogens with one attached hydrogen (secondary N) is 1. The zero-order chi connectivity index (χ0) is 9.31. The highest BCUT2D eigenvalue weighted by Crippen LogP contribution is 2.33. The van der Waals surface area contributed by atoms with Gasteiger partial charge in [-0.1, -0.05) is 32.1 Å². The number of rotatable bonds is 0. The van der Waals surface area contributed by atoms with Crippen molar-refractivity contribution in [1.82, 2.24) is 5.32 Å². The molecule has 0 unspecified atom stereocenters. The Morgan fingerprint density at radius 2 is 2.38 bits per heavy atom. The van der Waals surface area contributed by atoms with E-state index in [0.717, 1.165) is 4.91 Å². The largest absolute Gasteiger partial charge is 0.361 e. The van der Waals surface area contributed by atoms with Gasteiger partial charge < -0.3 is 5.32 Å². The third-order valence-corrected chi connectivity index (χ3v) is 2.80. The second-order valence-electron chi connectivity index (χ2n) is 3.79. The van der Waals surface area contributed by atoms with Crippen LogP contribution in [0.4, 0.5) is 0 Å². The fraction of sp³-hybridized carbons (Fsp3) is 0.400. The van der Waals surface area contributed by atoms with Gasteiger partial charge in [0, 0.05) is 23.2 Å². The molecule has 3 heteroatoms. The fourth-order valence-corrected chi connectivity index (χ4v) is 1.98. The van der Waals surface area contributed by atoms with E-state index in [4.69, 9.17) is 4.18 Å². The van der Waals surface area contributed by atoms with E-state index in [1.807, 2.05) is 0 Å². The van der Waals surface area contributed by atoms with Gasteiger partial charge in [0.2, 0.25) is 0 Å². The molecule has 1 heterocycles. The van der Waals surface area contributed by atoms with Crippen molar-refractivity contribution in [2.45, 2.75) is 13.8 Å². The summed E-state index contributed by atoms with van der Waals surface area (Å²) < 4.78 is 5.23. The van der Waals surface area contributed by atoms with Crippen molar-refractivity contribution in [3.63, 3.8) is 0 Å². The summed E-state index contributed by atoms with van der Waals surface area (Å²) in [5.41, 5.74) is 1.31. The van der Waals surface area contributed by atoms with Gasteiger partial charge in [-0.25, -0.2) is 0 Å². The van der Waals surface area contributed by atoms with Crippen molar-refractivity contribution in [2.24, 2.45) is 5.41 Å². The maximum atomic E-state index is 5.23. The van der Waals surface area contributed by atoms with Crippen molar-refractivity contribution in [3.05, 3.63) is 34.9 Å². The maximum absolute atomic E-state index is 5.23. The summed E-state index contributed by atoms with van der Waals surface area (Å²) in [6.45, 7) is 4.97. The monoisotopic (exact) mass is 195 g/mol. The molecule has 0 spiro atoms. The molecule has 2 aliphatic rings. The van der Waals surface area contributed by atoms with E-state index in [1.54, 1.807) is 0 Å². The molecule has 13 heavy (non-hydrogen) atoms. The second-order valence-corrected chi connectivity index (χ2v) is 4.63. The molecule has 1 fully saturated rings. The summed E-state index contributed by atoms with van der Waals surface area (Å²) in [6, 6.07) is 0. The quantitative estimate of drug-likeness (QED) is 0.600. The summed E-state index contributed by atoms with van der Waals surface area (Å²) in [5, 5.41) is 3.23. The summed E-state index contributed by atoms with van der Waals surface area (Å²) in [6.07, 6.45) is 8.59. The van der Waals surface area contributed by atoms with Crippen LogP contribution in [0.5, 0.6) is 0 Å². The van der Waals surface area contributed by atoms with Crippen LogP contribution in [0.1, 0.15) is 13.8 Å². The third-order valence-electron chi connectivity index (χ3n) is 2.03. The number of hydrogen-bond donors (Lipinski definition) is 1. The normalized spacial score (nSPS) is 25.1. The van der Waals surface area contributed by atoms with Crippen molar-refractivity contribution in [3.8, 4) is 0 Å². The predicted molar refractivity (Wildman–Crippen MR) is 55.8 cm³/mol. The first-order valence-corrected chi connectivity index (χ1v) is 5.08. The van der Waals surface area contributed by atoms with Crippen LogP contribution in [0, 0.1) is 5.41 Å². The predicted octanol–water partition coefficient (Wildman–Crippen LogP) is 2.58. The summed E-state index contributed by atoms with van der Waals surface area (Å²) in [7, 11) is 0.